The van der Waals surface area contributed by atoms with E-state index in [1.54, 1.807) is 12.4 Å². The number of hydrogen-bond acceptors (Lipinski definition) is 3. The monoisotopic (exact) mass is 431 g/mol. The van der Waals surface area contributed by atoms with Gasteiger partial charge in [0.25, 0.3) is 0 Å². The van der Waals surface area contributed by atoms with Gasteiger partial charge in [-0.15, -0.1) is 0 Å². The normalized spacial score (nSPS) is 18.4. The van der Waals surface area contributed by atoms with Crippen LogP contribution in [-0.2, 0) is 0 Å². The highest BCUT2D eigenvalue weighted by atomic mass is 35.5. The summed E-state index contributed by atoms with van der Waals surface area (Å²) in [6, 6.07) is 21.6. The molecule has 2 atom stereocenters. The number of rotatable bonds is 4. The van der Waals surface area contributed by atoms with Crippen LogP contribution in [0, 0.1) is 0 Å². The molecule has 4 heterocycles. The average Bonchev–Trinajstić information content (AvgIpc) is 3.40. The lowest BCUT2D eigenvalue weighted by Gasteiger charge is -2.29. The first-order valence-corrected chi connectivity index (χ1v) is 10.3. The second-order valence-electron chi connectivity index (χ2n) is 6.98. The van der Waals surface area contributed by atoms with E-state index in [-0.39, 0.29) is 12.1 Å². The molecule has 7 heteroatoms. The third-order valence-electron chi connectivity index (χ3n) is 5.23. The van der Waals surface area contributed by atoms with E-state index in [2.05, 4.69) is 37.0 Å². The largest absolute Gasteiger partial charge is 0.351 e. The number of nitrogens with zero attached hydrogens (tertiary/aromatic N) is 4. The fourth-order valence-electron chi connectivity index (χ4n) is 3.91. The minimum atomic E-state index is -0.107. The van der Waals surface area contributed by atoms with E-state index >= 15 is 0 Å². The smallest absolute Gasteiger partial charge is 0.174 e. The van der Waals surface area contributed by atoms with Crippen LogP contribution in [0.1, 0.15) is 23.5 Å². The first-order valence-electron chi connectivity index (χ1n) is 9.56. The maximum absolute atomic E-state index is 6.13. The van der Waals surface area contributed by atoms with E-state index in [0.717, 1.165) is 22.8 Å². The molecule has 1 aliphatic rings. The zero-order valence-corrected chi connectivity index (χ0v) is 17.5. The van der Waals surface area contributed by atoms with Crippen LogP contribution in [0.2, 0.25) is 5.02 Å². The summed E-state index contributed by atoms with van der Waals surface area (Å²) in [4.78, 5) is 10.9. The van der Waals surface area contributed by atoms with Gasteiger partial charge in [0.2, 0.25) is 0 Å². The Hall–Kier alpha value is -3.22. The van der Waals surface area contributed by atoms with Gasteiger partial charge in [0.05, 0.1) is 11.7 Å². The minimum absolute atomic E-state index is 0.100. The van der Waals surface area contributed by atoms with Crippen molar-refractivity contribution in [3.8, 4) is 5.69 Å². The third-order valence-corrected chi connectivity index (χ3v) is 5.79. The molecule has 5 rings (SSSR count). The molecular weight excluding hydrogens is 414 g/mol. The van der Waals surface area contributed by atoms with Crippen molar-refractivity contribution in [2.45, 2.75) is 12.1 Å². The Morgan fingerprint density at radius 2 is 1.67 bits per heavy atom. The Balaban J connectivity index is 1.67. The Kier molecular flexibility index (Phi) is 4.94. The molecule has 5 nitrogen and oxygen atoms in total. The predicted octanol–water partition coefficient (Wildman–Crippen LogP) is 5.10. The van der Waals surface area contributed by atoms with Gasteiger partial charge in [0.15, 0.2) is 5.11 Å². The molecule has 1 N–H and O–H groups in total. The third kappa shape index (κ3) is 3.34. The first kappa shape index (κ1) is 18.8. The molecule has 0 aliphatic carbocycles. The topological polar surface area (TPSA) is 46.0 Å². The van der Waals surface area contributed by atoms with Crippen molar-refractivity contribution in [2.75, 3.05) is 4.90 Å². The number of pyridine rings is 2. The zero-order chi connectivity index (χ0) is 20.5. The Bertz CT molecular complexity index is 1160. The van der Waals surface area contributed by atoms with Crippen LogP contribution in [-0.4, -0.2) is 19.6 Å². The zero-order valence-electron chi connectivity index (χ0n) is 15.9. The summed E-state index contributed by atoms with van der Waals surface area (Å²) in [5.74, 6) is 0. The van der Waals surface area contributed by atoms with Crippen LogP contribution in [0.15, 0.2) is 91.5 Å². The molecule has 3 aromatic heterocycles. The van der Waals surface area contributed by atoms with Crippen LogP contribution in [0.25, 0.3) is 5.69 Å². The molecule has 1 aliphatic heterocycles. The lowest BCUT2D eigenvalue weighted by atomic mass is 10.0. The van der Waals surface area contributed by atoms with Crippen LogP contribution < -0.4 is 10.2 Å². The van der Waals surface area contributed by atoms with Crippen LogP contribution >= 0.6 is 23.8 Å². The van der Waals surface area contributed by atoms with Gasteiger partial charge in [-0.3, -0.25) is 9.97 Å². The van der Waals surface area contributed by atoms with Crippen LogP contribution in [0.4, 0.5) is 5.69 Å². The summed E-state index contributed by atoms with van der Waals surface area (Å²) in [5, 5.41) is 4.83. The van der Waals surface area contributed by atoms with Crippen molar-refractivity contribution in [3.05, 3.63) is 108 Å². The predicted molar refractivity (Wildman–Crippen MR) is 123 cm³/mol. The summed E-state index contributed by atoms with van der Waals surface area (Å²) < 4.78 is 2.17. The summed E-state index contributed by atoms with van der Waals surface area (Å²) in [7, 11) is 0. The fourth-order valence-corrected chi connectivity index (χ4v) is 4.38. The van der Waals surface area contributed by atoms with Gasteiger partial charge in [0.1, 0.15) is 6.04 Å². The van der Waals surface area contributed by atoms with E-state index in [9.17, 15) is 0 Å². The molecule has 1 fully saturated rings. The summed E-state index contributed by atoms with van der Waals surface area (Å²) in [6.45, 7) is 0. The van der Waals surface area contributed by atoms with E-state index in [1.165, 1.54) is 0 Å². The van der Waals surface area contributed by atoms with Crippen LogP contribution in [0.5, 0.6) is 0 Å². The van der Waals surface area contributed by atoms with Gasteiger partial charge in [-0.2, -0.15) is 0 Å². The van der Waals surface area contributed by atoms with E-state index in [4.69, 9.17) is 23.8 Å². The van der Waals surface area contributed by atoms with Crippen molar-refractivity contribution in [1.29, 1.82) is 0 Å². The standard InChI is InChI=1S/C23H18ClN5S/c24-16-6-8-18(9-7-16)29-22(21(27-23(29)30)19-4-1-2-12-26-19)20-5-3-15-28(20)17-10-13-25-14-11-17/h1-15,21-22H,(H,27,30)/t21-,22+/m0/s1. The lowest BCUT2D eigenvalue weighted by molar-refractivity contribution is 0.549. The summed E-state index contributed by atoms with van der Waals surface area (Å²) in [6.07, 6.45) is 7.46. The van der Waals surface area contributed by atoms with Gasteiger partial charge < -0.3 is 14.8 Å². The molecule has 148 valence electrons. The Morgan fingerprint density at radius 1 is 0.867 bits per heavy atom. The van der Waals surface area contributed by atoms with Crippen molar-refractivity contribution in [1.82, 2.24) is 19.9 Å². The van der Waals surface area contributed by atoms with Crippen molar-refractivity contribution in [2.24, 2.45) is 0 Å². The molecule has 0 amide bonds. The molecule has 30 heavy (non-hydrogen) atoms. The highest BCUT2D eigenvalue weighted by Gasteiger charge is 2.42. The quantitative estimate of drug-likeness (QED) is 0.455. The fraction of sp³-hybridized carbons (Fsp3) is 0.0870. The molecular formula is C23H18ClN5S. The molecule has 0 spiro atoms. The number of aromatic nitrogens is 3. The minimum Gasteiger partial charge on any atom is -0.351 e. The number of hydrogen-bond donors (Lipinski definition) is 1. The average molecular weight is 432 g/mol. The SMILES string of the molecule is S=C1N[C@@H](c2ccccn2)[C@@H](c2cccn2-c2ccncc2)N1c1ccc(Cl)cc1. The molecule has 0 unspecified atom stereocenters. The molecule has 1 saturated heterocycles. The highest BCUT2D eigenvalue weighted by molar-refractivity contribution is 7.80. The van der Waals surface area contributed by atoms with E-state index in [0.29, 0.717) is 10.1 Å². The van der Waals surface area contributed by atoms with Crippen molar-refractivity contribution in [3.63, 3.8) is 0 Å². The number of thiocarbonyl (C=S) groups is 1. The highest BCUT2D eigenvalue weighted by Crippen LogP contribution is 2.42. The summed E-state index contributed by atoms with van der Waals surface area (Å²) in [5.41, 5.74) is 4.05. The Labute approximate surface area is 185 Å². The van der Waals surface area contributed by atoms with E-state index < -0.39 is 0 Å². The number of nitrogens with one attached hydrogen (secondary N) is 1. The molecule has 0 radical (unpaired) electrons. The van der Waals surface area contributed by atoms with Crippen molar-refractivity contribution >= 4 is 34.6 Å². The molecule has 0 saturated carbocycles. The number of anilines is 1. The number of halogens is 1. The van der Waals surface area contributed by atoms with E-state index in [1.807, 2.05) is 66.9 Å². The van der Waals surface area contributed by atoms with Gasteiger partial charge in [0, 0.05) is 46.9 Å². The Morgan fingerprint density at radius 3 is 2.40 bits per heavy atom. The summed E-state index contributed by atoms with van der Waals surface area (Å²) >= 11 is 11.9. The van der Waals surface area contributed by atoms with Gasteiger partial charge in [-0.05, 0) is 72.9 Å². The maximum Gasteiger partial charge on any atom is 0.174 e. The molecule has 1 aromatic carbocycles. The van der Waals surface area contributed by atoms with Gasteiger partial charge in [-0.1, -0.05) is 17.7 Å². The van der Waals surface area contributed by atoms with Crippen molar-refractivity contribution < 1.29 is 0 Å². The maximum atomic E-state index is 6.13. The second-order valence-corrected chi connectivity index (χ2v) is 7.80. The second kappa shape index (κ2) is 7.89. The first-order chi connectivity index (χ1) is 14.7. The van der Waals surface area contributed by atoms with Gasteiger partial charge in [-0.25, -0.2) is 0 Å². The lowest BCUT2D eigenvalue weighted by Crippen LogP contribution is -2.30. The van der Waals surface area contributed by atoms with Crippen LogP contribution in [0.3, 0.4) is 0 Å². The van der Waals surface area contributed by atoms with Gasteiger partial charge >= 0.3 is 0 Å². The molecule has 0 bridgehead atoms. The number of benzene rings is 1. The molecule has 4 aromatic rings.